The Morgan fingerprint density at radius 2 is 2.30 bits per heavy atom. The van der Waals surface area contributed by atoms with Gasteiger partial charge in [-0.15, -0.1) is 0 Å². The van der Waals surface area contributed by atoms with E-state index < -0.39 is 5.97 Å². The van der Waals surface area contributed by atoms with E-state index in [1.807, 2.05) is 0 Å². The van der Waals surface area contributed by atoms with Crippen LogP contribution in [-0.4, -0.2) is 34.6 Å². The highest BCUT2D eigenvalue weighted by Crippen LogP contribution is 2.36. The molecule has 56 valence electrons. The van der Waals surface area contributed by atoms with Crippen molar-refractivity contribution in [3.05, 3.63) is 0 Å². The predicted octanol–water partition coefficient (Wildman–Crippen LogP) is 0.308. The second kappa shape index (κ2) is 1.95. The number of rotatable bonds is 1. The van der Waals surface area contributed by atoms with Gasteiger partial charge < -0.3 is 5.11 Å². The van der Waals surface area contributed by atoms with Crippen LogP contribution in [0.5, 0.6) is 0 Å². The van der Waals surface area contributed by atoms with Crippen LogP contribution in [0.4, 0.5) is 0 Å². The van der Waals surface area contributed by atoms with Crippen LogP contribution in [-0.2, 0) is 4.79 Å². The maximum Gasteiger partial charge on any atom is 0.322 e. The van der Waals surface area contributed by atoms with E-state index in [2.05, 4.69) is 4.90 Å². The van der Waals surface area contributed by atoms with Gasteiger partial charge in [-0.2, -0.15) is 0 Å². The number of fused-ring (bicyclic) bond motifs is 1. The zero-order chi connectivity index (χ0) is 7.14. The number of hydrogen-bond acceptors (Lipinski definition) is 2. The Morgan fingerprint density at radius 3 is 2.80 bits per heavy atom. The van der Waals surface area contributed by atoms with E-state index in [9.17, 15) is 4.79 Å². The summed E-state index contributed by atoms with van der Waals surface area (Å²) in [4.78, 5) is 12.6. The molecule has 1 unspecified atom stereocenters. The molecule has 3 atom stereocenters. The average molecular weight is 141 g/mol. The van der Waals surface area contributed by atoms with Gasteiger partial charge in [-0.1, -0.05) is 6.42 Å². The molecule has 3 heteroatoms. The van der Waals surface area contributed by atoms with Crippen molar-refractivity contribution < 1.29 is 9.90 Å². The topological polar surface area (TPSA) is 40.3 Å². The van der Waals surface area contributed by atoms with E-state index in [1.165, 1.54) is 12.8 Å². The molecule has 0 bridgehead atoms. The molecule has 0 radical (unpaired) electrons. The van der Waals surface area contributed by atoms with Gasteiger partial charge in [-0.3, -0.25) is 9.69 Å². The van der Waals surface area contributed by atoms with Crippen molar-refractivity contribution in [2.45, 2.75) is 31.3 Å². The summed E-state index contributed by atoms with van der Waals surface area (Å²) >= 11 is 0. The predicted molar refractivity (Wildman–Crippen MR) is 35.8 cm³/mol. The molecule has 2 saturated heterocycles. The first kappa shape index (κ1) is 6.16. The summed E-state index contributed by atoms with van der Waals surface area (Å²) in [6, 6.07) is 0.272. The molecular weight excluding hydrogens is 130 g/mol. The molecule has 0 aliphatic carbocycles. The van der Waals surface area contributed by atoms with Gasteiger partial charge >= 0.3 is 5.97 Å². The molecule has 1 N–H and O–H groups in total. The molecule has 0 spiro atoms. The monoisotopic (exact) mass is 141 g/mol. The molecule has 0 amide bonds. The molecular formula is C7H11NO2. The number of nitrogens with zero attached hydrogens (tertiary/aromatic N) is 1. The number of hydrogen-bond donors (Lipinski definition) is 1. The SMILES string of the molecule is O=C(O)[C@@H]1[C@@H]2CCCCN12. The number of carbonyl (C=O) groups is 1. The third-order valence-corrected chi connectivity index (χ3v) is 2.48. The quantitative estimate of drug-likeness (QED) is 0.534. The first-order valence-corrected chi connectivity index (χ1v) is 3.79. The van der Waals surface area contributed by atoms with Crippen LogP contribution in [0.25, 0.3) is 0 Å². The standard InChI is InChI=1S/C7H11NO2/c9-7(10)6-5-3-1-2-4-8(5)6/h5-6H,1-4H2,(H,9,10)/t5-,6-,8?/m0/s1. The molecule has 0 aromatic carbocycles. The normalized spacial score (nSPS) is 44.2. The van der Waals surface area contributed by atoms with E-state index >= 15 is 0 Å². The smallest absolute Gasteiger partial charge is 0.322 e. The minimum absolute atomic E-state index is 0.123. The highest BCUT2D eigenvalue weighted by Gasteiger charge is 2.52. The summed E-state index contributed by atoms with van der Waals surface area (Å²) in [6.45, 7) is 1.00. The van der Waals surface area contributed by atoms with Gasteiger partial charge in [-0.25, -0.2) is 0 Å². The number of aliphatic carboxylic acids is 1. The van der Waals surface area contributed by atoms with Gasteiger partial charge in [0.2, 0.25) is 0 Å². The van der Waals surface area contributed by atoms with Crippen molar-refractivity contribution in [2.75, 3.05) is 6.54 Å². The molecule has 3 nitrogen and oxygen atoms in total. The van der Waals surface area contributed by atoms with Gasteiger partial charge in [0.25, 0.3) is 0 Å². The Morgan fingerprint density at radius 1 is 1.50 bits per heavy atom. The van der Waals surface area contributed by atoms with E-state index in [0.29, 0.717) is 6.04 Å². The van der Waals surface area contributed by atoms with Crippen molar-refractivity contribution in [3.63, 3.8) is 0 Å². The molecule has 2 rings (SSSR count). The van der Waals surface area contributed by atoms with Gasteiger partial charge in [0.15, 0.2) is 0 Å². The van der Waals surface area contributed by atoms with Gasteiger partial charge in [0, 0.05) is 6.04 Å². The van der Waals surface area contributed by atoms with E-state index in [1.54, 1.807) is 0 Å². The van der Waals surface area contributed by atoms with Gasteiger partial charge in [0.05, 0.1) is 0 Å². The maximum absolute atomic E-state index is 10.5. The lowest BCUT2D eigenvalue weighted by molar-refractivity contribution is -0.137. The molecule has 2 aliphatic rings. The largest absolute Gasteiger partial charge is 0.480 e. The lowest BCUT2D eigenvalue weighted by Crippen LogP contribution is -2.12. The first-order valence-electron chi connectivity index (χ1n) is 3.79. The second-order valence-electron chi connectivity index (χ2n) is 3.08. The lowest BCUT2D eigenvalue weighted by atomic mass is 10.1. The van der Waals surface area contributed by atoms with E-state index in [4.69, 9.17) is 5.11 Å². The van der Waals surface area contributed by atoms with Crippen LogP contribution < -0.4 is 0 Å². The van der Waals surface area contributed by atoms with Crippen molar-refractivity contribution in [3.8, 4) is 0 Å². The fraction of sp³-hybridized carbons (Fsp3) is 0.857. The van der Waals surface area contributed by atoms with Crippen molar-refractivity contribution >= 4 is 5.97 Å². The number of carboxylic acid groups (broad SMARTS) is 1. The average Bonchev–Trinajstić information content (AvgIpc) is 2.60. The van der Waals surface area contributed by atoms with Crippen molar-refractivity contribution in [2.24, 2.45) is 0 Å². The summed E-state index contributed by atoms with van der Waals surface area (Å²) < 4.78 is 0. The van der Waals surface area contributed by atoms with E-state index in [-0.39, 0.29) is 6.04 Å². The van der Waals surface area contributed by atoms with E-state index in [0.717, 1.165) is 13.0 Å². The van der Waals surface area contributed by atoms with Crippen LogP contribution in [0.2, 0.25) is 0 Å². The summed E-state index contributed by atoms with van der Waals surface area (Å²) in [6.07, 6.45) is 3.49. The maximum atomic E-state index is 10.5. The fourth-order valence-electron chi connectivity index (χ4n) is 1.91. The first-order chi connectivity index (χ1) is 4.80. The second-order valence-corrected chi connectivity index (χ2v) is 3.08. The van der Waals surface area contributed by atoms with Crippen LogP contribution in [0, 0.1) is 0 Å². The third-order valence-electron chi connectivity index (χ3n) is 2.48. The Hall–Kier alpha value is -0.570. The minimum atomic E-state index is -0.632. The number of carboxylic acids is 1. The highest BCUT2D eigenvalue weighted by atomic mass is 16.4. The molecule has 2 heterocycles. The summed E-state index contributed by atoms with van der Waals surface area (Å²) in [5.41, 5.74) is 0. The summed E-state index contributed by atoms with van der Waals surface area (Å²) in [5, 5.41) is 8.64. The molecule has 0 aromatic heterocycles. The highest BCUT2D eigenvalue weighted by molar-refractivity contribution is 5.78. The molecule has 10 heavy (non-hydrogen) atoms. The van der Waals surface area contributed by atoms with Gasteiger partial charge in [-0.05, 0) is 19.4 Å². The minimum Gasteiger partial charge on any atom is -0.480 e. The molecule has 2 fully saturated rings. The number of piperidine rings is 1. The van der Waals surface area contributed by atoms with Crippen molar-refractivity contribution in [1.29, 1.82) is 0 Å². The van der Waals surface area contributed by atoms with Crippen LogP contribution in [0.3, 0.4) is 0 Å². The Labute approximate surface area is 59.6 Å². The molecule has 2 aliphatic heterocycles. The van der Waals surface area contributed by atoms with Crippen LogP contribution in [0.15, 0.2) is 0 Å². The fourth-order valence-corrected chi connectivity index (χ4v) is 1.91. The Bertz CT molecular complexity index is 157. The zero-order valence-electron chi connectivity index (χ0n) is 5.79. The summed E-state index contributed by atoms with van der Waals surface area (Å²) in [5.74, 6) is -0.632. The molecule has 0 aromatic rings. The Kier molecular flexibility index (Phi) is 1.20. The third kappa shape index (κ3) is 0.736. The zero-order valence-corrected chi connectivity index (χ0v) is 5.79. The summed E-state index contributed by atoms with van der Waals surface area (Å²) in [7, 11) is 0. The van der Waals surface area contributed by atoms with Gasteiger partial charge in [0.1, 0.15) is 6.04 Å². The van der Waals surface area contributed by atoms with Crippen LogP contribution in [0.1, 0.15) is 19.3 Å². The lowest BCUT2D eigenvalue weighted by Gasteiger charge is -2.07. The Balaban J connectivity index is 1.99. The van der Waals surface area contributed by atoms with Crippen LogP contribution >= 0.6 is 0 Å². The molecule has 0 saturated carbocycles. The van der Waals surface area contributed by atoms with Crippen molar-refractivity contribution in [1.82, 2.24) is 4.90 Å².